The first-order chi connectivity index (χ1) is 9.74. The van der Waals surface area contributed by atoms with Gasteiger partial charge in [-0.15, -0.1) is 0 Å². The molecule has 1 aliphatic heterocycles. The molecule has 2 N–H and O–H groups in total. The lowest BCUT2D eigenvalue weighted by Gasteiger charge is -2.22. The number of hydrogen-bond acceptors (Lipinski definition) is 4. The van der Waals surface area contributed by atoms with E-state index in [1.807, 2.05) is 6.92 Å². The first-order valence-corrected chi connectivity index (χ1v) is 7.21. The van der Waals surface area contributed by atoms with Gasteiger partial charge < -0.3 is 9.73 Å². The highest BCUT2D eigenvalue weighted by molar-refractivity contribution is 5.31. The molecule has 2 unspecified atom stereocenters. The van der Waals surface area contributed by atoms with Crippen LogP contribution in [0.1, 0.15) is 48.2 Å². The van der Waals surface area contributed by atoms with Crippen LogP contribution in [0, 0.1) is 6.92 Å². The van der Waals surface area contributed by atoms with E-state index >= 15 is 0 Å². The van der Waals surface area contributed by atoms with Crippen molar-refractivity contribution in [2.24, 2.45) is 0 Å². The summed E-state index contributed by atoms with van der Waals surface area (Å²) in [5.74, 6) is 1.62. The Morgan fingerprint density at radius 1 is 1.40 bits per heavy atom. The summed E-state index contributed by atoms with van der Waals surface area (Å²) >= 11 is 0. The molecule has 0 saturated heterocycles. The van der Waals surface area contributed by atoms with E-state index < -0.39 is 0 Å². The normalized spacial score (nSPS) is 20.2. The molecule has 0 bridgehead atoms. The predicted molar refractivity (Wildman–Crippen MR) is 78.3 cm³/mol. The lowest BCUT2D eigenvalue weighted by molar-refractivity contribution is 0.364. The fourth-order valence-electron chi connectivity index (χ4n) is 2.78. The molecule has 0 spiro atoms. The van der Waals surface area contributed by atoms with Crippen LogP contribution >= 0.6 is 0 Å². The third kappa shape index (κ3) is 2.76. The molecule has 4 heteroatoms. The van der Waals surface area contributed by atoms with Crippen molar-refractivity contribution in [1.82, 2.24) is 15.6 Å². The monoisotopic (exact) mass is 271 g/mol. The maximum atomic E-state index is 5.62. The molecule has 2 heterocycles. The smallest absolute Gasteiger partial charge is 0.211 e. The molecule has 0 amide bonds. The summed E-state index contributed by atoms with van der Waals surface area (Å²) in [5.41, 5.74) is 2.76. The zero-order valence-corrected chi connectivity index (χ0v) is 12.0. The Balaban J connectivity index is 1.80. The second-order valence-electron chi connectivity index (χ2n) is 5.41. The van der Waals surface area contributed by atoms with E-state index in [9.17, 15) is 0 Å². The van der Waals surface area contributed by atoms with Gasteiger partial charge in [-0.3, -0.25) is 5.32 Å². The summed E-state index contributed by atoms with van der Waals surface area (Å²) in [6.45, 7) is 5.99. The van der Waals surface area contributed by atoms with Crippen LogP contribution in [0.4, 0.5) is 0 Å². The van der Waals surface area contributed by atoms with E-state index in [0.717, 1.165) is 31.2 Å². The molecule has 0 aliphatic carbocycles. The molecular formula is C16H21N3O. The van der Waals surface area contributed by atoms with Gasteiger partial charge in [0.25, 0.3) is 0 Å². The number of aryl methyl sites for hydroxylation is 1. The average molecular weight is 271 g/mol. The van der Waals surface area contributed by atoms with E-state index in [1.54, 1.807) is 6.20 Å². The van der Waals surface area contributed by atoms with Gasteiger partial charge in [-0.2, -0.15) is 0 Å². The number of hydrogen-bond donors (Lipinski definition) is 2. The summed E-state index contributed by atoms with van der Waals surface area (Å²) in [7, 11) is 0. The molecule has 0 fully saturated rings. The Bertz CT molecular complexity index is 579. The largest absolute Gasteiger partial charge is 0.444 e. The second kappa shape index (κ2) is 5.77. The lowest BCUT2D eigenvalue weighted by Crippen LogP contribution is -2.26. The van der Waals surface area contributed by atoms with E-state index in [2.05, 4.69) is 46.8 Å². The van der Waals surface area contributed by atoms with Crippen LogP contribution in [0.2, 0.25) is 0 Å². The van der Waals surface area contributed by atoms with Crippen molar-refractivity contribution in [1.29, 1.82) is 0 Å². The van der Waals surface area contributed by atoms with E-state index in [1.165, 1.54) is 11.1 Å². The topological polar surface area (TPSA) is 50.1 Å². The van der Waals surface area contributed by atoms with Gasteiger partial charge in [0, 0.05) is 12.6 Å². The SMILES string of the molecule is Cc1cnc(C(C)NC2CCNCc3ccccc32)o1. The third-order valence-electron chi connectivity index (χ3n) is 3.82. The minimum Gasteiger partial charge on any atom is -0.444 e. The van der Waals surface area contributed by atoms with Crippen molar-refractivity contribution in [3.8, 4) is 0 Å². The molecule has 1 aromatic carbocycles. The number of benzene rings is 1. The van der Waals surface area contributed by atoms with Crippen LogP contribution in [-0.2, 0) is 6.54 Å². The molecule has 20 heavy (non-hydrogen) atoms. The molecule has 1 aliphatic rings. The predicted octanol–water partition coefficient (Wildman–Crippen LogP) is 2.87. The first kappa shape index (κ1) is 13.3. The van der Waals surface area contributed by atoms with Crippen molar-refractivity contribution < 1.29 is 4.42 Å². The van der Waals surface area contributed by atoms with Gasteiger partial charge in [0.2, 0.25) is 5.89 Å². The zero-order valence-electron chi connectivity index (χ0n) is 12.0. The molecule has 0 radical (unpaired) electrons. The average Bonchev–Trinajstić information content (AvgIpc) is 2.79. The van der Waals surface area contributed by atoms with Crippen LogP contribution in [0.15, 0.2) is 34.9 Å². The molecule has 106 valence electrons. The summed E-state index contributed by atoms with van der Waals surface area (Å²) in [5, 5.41) is 7.12. The maximum absolute atomic E-state index is 5.62. The number of nitrogens with zero attached hydrogens (tertiary/aromatic N) is 1. The van der Waals surface area contributed by atoms with Gasteiger partial charge in [0.05, 0.1) is 12.2 Å². The molecular weight excluding hydrogens is 250 g/mol. The molecule has 4 nitrogen and oxygen atoms in total. The highest BCUT2D eigenvalue weighted by Gasteiger charge is 2.21. The minimum absolute atomic E-state index is 0.111. The van der Waals surface area contributed by atoms with Crippen molar-refractivity contribution in [2.45, 2.75) is 38.9 Å². The van der Waals surface area contributed by atoms with Crippen LogP contribution in [0.5, 0.6) is 0 Å². The number of aromatic nitrogens is 1. The number of oxazole rings is 1. The molecule has 2 aromatic rings. The summed E-state index contributed by atoms with van der Waals surface area (Å²) < 4.78 is 5.62. The molecule has 2 atom stereocenters. The molecule has 1 aromatic heterocycles. The number of fused-ring (bicyclic) bond motifs is 1. The van der Waals surface area contributed by atoms with Gasteiger partial charge in [-0.25, -0.2) is 4.98 Å². The quantitative estimate of drug-likeness (QED) is 0.901. The second-order valence-corrected chi connectivity index (χ2v) is 5.41. The van der Waals surface area contributed by atoms with Crippen molar-refractivity contribution >= 4 is 0 Å². The van der Waals surface area contributed by atoms with Crippen molar-refractivity contribution in [3.05, 3.63) is 53.2 Å². The summed E-state index contributed by atoms with van der Waals surface area (Å²) in [4.78, 5) is 4.32. The highest BCUT2D eigenvalue weighted by Crippen LogP contribution is 2.26. The minimum atomic E-state index is 0.111. The lowest BCUT2D eigenvalue weighted by atomic mass is 9.98. The number of nitrogens with one attached hydrogen (secondary N) is 2. The standard InChI is InChI=1S/C16H21N3O/c1-11-9-18-16(20-11)12(2)19-15-7-8-17-10-13-5-3-4-6-14(13)15/h3-6,9,12,15,17,19H,7-8,10H2,1-2H3. The van der Waals surface area contributed by atoms with Crippen LogP contribution in [0.3, 0.4) is 0 Å². The highest BCUT2D eigenvalue weighted by atomic mass is 16.4. The summed E-state index contributed by atoms with van der Waals surface area (Å²) in [6, 6.07) is 9.07. The Morgan fingerprint density at radius 2 is 2.25 bits per heavy atom. The Kier molecular flexibility index (Phi) is 3.85. The fourth-order valence-corrected chi connectivity index (χ4v) is 2.78. The molecule has 3 rings (SSSR count). The van der Waals surface area contributed by atoms with E-state index in [4.69, 9.17) is 4.42 Å². The van der Waals surface area contributed by atoms with Crippen LogP contribution in [-0.4, -0.2) is 11.5 Å². The Morgan fingerprint density at radius 3 is 3.05 bits per heavy atom. The van der Waals surface area contributed by atoms with E-state index in [-0.39, 0.29) is 6.04 Å². The third-order valence-corrected chi connectivity index (χ3v) is 3.82. The maximum Gasteiger partial charge on any atom is 0.211 e. The Labute approximate surface area is 119 Å². The zero-order chi connectivity index (χ0) is 13.9. The first-order valence-electron chi connectivity index (χ1n) is 7.21. The van der Waals surface area contributed by atoms with Crippen molar-refractivity contribution in [2.75, 3.05) is 6.54 Å². The van der Waals surface area contributed by atoms with Gasteiger partial charge in [0.1, 0.15) is 5.76 Å². The summed E-state index contributed by atoms with van der Waals surface area (Å²) in [6.07, 6.45) is 2.84. The molecule has 0 saturated carbocycles. The van der Waals surface area contributed by atoms with Gasteiger partial charge in [-0.1, -0.05) is 24.3 Å². The van der Waals surface area contributed by atoms with E-state index in [0.29, 0.717) is 6.04 Å². The number of rotatable bonds is 3. The van der Waals surface area contributed by atoms with Gasteiger partial charge in [0.15, 0.2) is 0 Å². The Hall–Kier alpha value is -1.65. The van der Waals surface area contributed by atoms with Crippen LogP contribution < -0.4 is 10.6 Å². The van der Waals surface area contributed by atoms with Gasteiger partial charge in [-0.05, 0) is 37.9 Å². The van der Waals surface area contributed by atoms with Gasteiger partial charge >= 0.3 is 0 Å². The van der Waals surface area contributed by atoms with Crippen molar-refractivity contribution in [3.63, 3.8) is 0 Å². The van der Waals surface area contributed by atoms with Crippen LogP contribution in [0.25, 0.3) is 0 Å². The fraction of sp³-hybridized carbons (Fsp3) is 0.438.